The highest BCUT2D eigenvalue weighted by molar-refractivity contribution is 7.75. The van der Waals surface area contributed by atoms with Crippen molar-refractivity contribution >= 4 is 7.26 Å². The van der Waals surface area contributed by atoms with Crippen molar-refractivity contribution < 1.29 is 0 Å². The molecule has 0 fully saturated rings. The molecule has 0 spiro atoms. The van der Waals surface area contributed by atoms with Crippen LogP contribution in [0.3, 0.4) is 0 Å². The maximum atomic E-state index is 2.41. The van der Waals surface area contributed by atoms with Crippen molar-refractivity contribution in [2.24, 2.45) is 0 Å². The fourth-order valence-electron chi connectivity index (χ4n) is 3.24. The fourth-order valence-corrected chi connectivity index (χ4v) is 8.21. The molecule has 0 bridgehead atoms. The minimum absolute atomic E-state index is 0.585. The fraction of sp³-hybridized carbons (Fsp3) is 1.00. The number of rotatable bonds is 14. The Morgan fingerprint density at radius 1 is 0.421 bits per heavy atom. The average molecular weight is 287 g/mol. The van der Waals surface area contributed by atoms with Gasteiger partial charge in [-0.05, 0) is 25.7 Å². The van der Waals surface area contributed by atoms with Crippen molar-refractivity contribution in [3.63, 3.8) is 0 Å². The summed E-state index contributed by atoms with van der Waals surface area (Å²) in [5.74, 6) is 0. The SMILES string of the molecule is CCCCC[P+](CCC)(CCCCC)CCCCC. The third kappa shape index (κ3) is 9.89. The topological polar surface area (TPSA) is 0 Å². The average Bonchev–Trinajstić information content (AvgIpc) is 2.40. The van der Waals surface area contributed by atoms with Gasteiger partial charge in [-0.15, -0.1) is 0 Å². The van der Waals surface area contributed by atoms with E-state index in [0.717, 1.165) is 0 Å². The molecule has 0 aromatic carbocycles. The molecule has 116 valence electrons. The second kappa shape index (κ2) is 13.4. The van der Waals surface area contributed by atoms with Gasteiger partial charge in [-0.25, -0.2) is 0 Å². The number of hydrogen-bond acceptors (Lipinski definition) is 0. The summed E-state index contributed by atoms with van der Waals surface area (Å²) in [5, 5.41) is 0. The molecule has 19 heavy (non-hydrogen) atoms. The predicted molar refractivity (Wildman–Crippen MR) is 95.3 cm³/mol. The maximum absolute atomic E-state index is 2.41. The van der Waals surface area contributed by atoms with Gasteiger partial charge in [-0.1, -0.05) is 66.2 Å². The van der Waals surface area contributed by atoms with Gasteiger partial charge in [0.15, 0.2) is 0 Å². The summed E-state index contributed by atoms with van der Waals surface area (Å²) >= 11 is 0. The minimum Gasteiger partial charge on any atom is -0.0654 e. The quantitative estimate of drug-likeness (QED) is 0.239. The lowest BCUT2D eigenvalue weighted by Gasteiger charge is -2.28. The third-order valence-corrected chi connectivity index (χ3v) is 9.60. The second-order valence-corrected chi connectivity index (χ2v) is 10.8. The van der Waals surface area contributed by atoms with Crippen LogP contribution in [-0.4, -0.2) is 24.6 Å². The Labute approximate surface area is 124 Å². The highest BCUT2D eigenvalue weighted by Crippen LogP contribution is 2.61. The van der Waals surface area contributed by atoms with Gasteiger partial charge in [0, 0.05) is 7.26 Å². The standard InChI is InChI=1S/C18H40P/c1-5-9-12-16-19(15-8-4,17-13-10-6-2)18-14-11-7-3/h5-18H2,1-4H3/q+1. The van der Waals surface area contributed by atoms with Crippen LogP contribution in [0.4, 0.5) is 0 Å². The van der Waals surface area contributed by atoms with Crippen molar-refractivity contribution in [1.29, 1.82) is 0 Å². The van der Waals surface area contributed by atoms with E-state index in [4.69, 9.17) is 0 Å². The smallest absolute Gasteiger partial charge is 0.0594 e. The van der Waals surface area contributed by atoms with Gasteiger partial charge in [0.05, 0.1) is 24.6 Å². The highest BCUT2D eigenvalue weighted by Gasteiger charge is 2.34. The molecule has 0 saturated heterocycles. The molecular formula is C18H40P+. The zero-order valence-electron chi connectivity index (χ0n) is 14.3. The van der Waals surface area contributed by atoms with Gasteiger partial charge in [0.2, 0.25) is 0 Å². The molecule has 0 nitrogen and oxygen atoms in total. The Morgan fingerprint density at radius 2 is 0.789 bits per heavy atom. The maximum Gasteiger partial charge on any atom is 0.0594 e. The molecule has 0 aliphatic heterocycles. The number of hydrogen-bond donors (Lipinski definition) is 0. The predicted octanol–water partition coefficient (Wildman–Crippen LogP) is 6.98. The largest absolute Gasteiger partial charge is 0.0654 e. The Morgan fingerprint density at radius 3 is 1.05 bits per heavy atom. The molecule has 0 amide bonds. The summed E-state index contributed by atoms with van der Waals surface area (Å²) < 4.78 is 0. The van der Waals surface area contributed by atoms with Crippen LogP contribution >= 0.6 is 7.26 Å². The van der Waals surface area contributed by atoms with Gasteiger partial charge < -0.3 is 0 Å². The third-order valence-electron chi connectivity index (χ3n) is 4.41. The minimum atomic E-state index is -0.585. The molecule has 0 radical (unpaired) electrons. The molecular weight excluding hydrogens is 247 g/mol. The molecule has 0 unspecified atom stereocenters. The summed E-state index contributed by atoms with van der Waals surface area (Å²) in [4.78, 5) is 0. The molecule has 0 rings (SSSR count). The summed E-state index contributed by atoms with van der Waals surface area (Å²) in [6.45, 7) is 9.44. The first-order chi connectivity index (χ1) is 9.24. The van der Waals surface area contributed by atoms with Gasteiger partial charge >= 0.3 is 0 Å². The van der Waals surface area contributed by atoms with Gasteiger partial charge in [-0.3, -0.25) is 0 Å². The summed E-state index contributed by atoms with van der Waals surface area (Å²) in [6, 6.07) is 0. The van der Waals surface area contributed by atoms with Crippen LogP contribution in [0.15, 0.2) is 0 Å². The highest BCUT2D eigenvalue weighted by atomic mass is 31.2. The van der Waals surface area contributed by atoms with E-state index in [9.17, 15) is 0 Å². The van der Waals surface area contributed by atoms with E-state index in [1.54, 1.807) is 24.6 Å². The first kappa shape index (κ1) is 19.4. The number of unbranched alkanes of at least 4 members (excludes halogenated alkanes) is 6. The van der Waals surface area contributed by atoms with Crippen LogP contribution in [0.25, 0.3) is 0 Å². The molecule has 0 N–H and O–H groups in total. The first-order valence-electron chi connectivity index (χ1n) is 9.09. The lowest BCUT2D eigenvalue weighted by atomic mass is 10.3. The van der Waals surface area contributed by atoms with Crippen LogP contribution in [-0.2, 0) is 0 Å². The Bertz CT molecular complexity index is 150. The molecule has 0 saturated carbocycles. The lowest BCUT2D eigenvalue weighted by molar-refractivity contribution is 0.739. The van der Waals surface area contributed by atoms with Crippen molar-refractivity contribution in [3.05, 3.63) is 0 Å². The lowest BCUT2D eigenvalue weighted by Crippen LogP contribution is -2.12. The molecule has 0 heterocycles. The van der Waals surface area contributed by atoms with Crippen LogP contribution in [0.1, 0.15) is 91.9 Å². The first-order valence-corrected chi connectivity index (χ1v) is 11.6. The summed E-state index contributed by atoms with van der Waals surface area (Å²) in [7, 11) is -0.585. The van der Waals surface area contributed by atoms with E-state index >= 15 is 0 Å². The Balaban J connectivity index is 4.37. The van der Waals surface area contributed by atoms with Crippen LogP contribution in [0.5, 0.6) is 0 Å². The van der Waals surface area contributed by atoms with E-state index in [1.165, 1.54) is 64.2 Å². The van der Waals surface area contributed by atoms with Gasteiger partial charge in [0.25, 0.3) is 0 Å². The van der Waals surface area contributed by atoms with Crippen molar-refractivity contribution in [1.82, 2.24) is 0 Å². The molecule has 0 atom stereocenters. The van der Waals surface area contributed by atoms with E-state index < -0.39 is 7.26 Å². The van der Waals surface area contributed by atoms with Crippen molar-refractivity contribution in [2.45, 2.75) is 91.9 Å². The van der Waals surface area contributed by atoms with Crippen molar-refractivity contribution in [3.8, 4) is 0 Å². The summed E-state index contributed by atoms with van der Waals surface area (Å²) in [6.07, 6.45) is 21.0. The van der Waals surface area contributed by atoms with Crippen LogP contribution in [0.2, 0.25) is 0 Å². The normalized spacial score (nSPS) is 12.0. The van der Waals surface area contributed by atoms with E-state index in [-0.39, 0.29) is 0 Å². The molecule has 0 aliphatic carbocycles. The molecule has 0 aliphatic rings. The zero-order chi connectivity index (χ0) is 14.4. The van der Waals surface area contributed by atoms with Crippen molar-refractivity contribution in [2.75, 3.05) is 24.6 Å². The van der Waals surface area contributed by atoms with E-state index in [2.05, 4.69) is 27.7 Å². The monoisotopic (exact) mass is 287 g/mol. The Kier molecular flexibility index (Phi) is 13.7. The van der Waals surface area contributed by atoms with Gasteiger partial charge in [0.1, 0.15) is 0 Å². The zero-order valence-corrected chi connectivity index (χ0v) is 15.2. The summed E-state index contributed by atoms with van der Waals surface area (Å²) in [5.41, 5.74) is 0. The molecule has 1 heteroatoms. The van der Waals surface area contributed by atoms with Crippen LogP contribution in [0, 0.1) is 0 Å². The Hall–Kier alpha value is 0.430. The van der Waals surface area contributed by atoms with Crippen LogP contribution < -0.4 is 0 Å². The van der Waals surface area contributed by atoms with E-state index in [1.807, 2.05) is 0 Å². The molecule has 0 aromatic heterocycles. The molecule has 0 aromatic rings. The van der Waals surface area contributed by atoms with E-state index in [0.29, 0.717) is 0 Å². The second-order valence-electron chi connectivity index (χ2n) is 6.36. The van der Waals surface area contributed by atoms with Gasteiger partial charge in [-0.2, -0.15) is 0 Å².